The maximum absolute atomic E-state index is 12.1. The lowest BCUT2D eigenvalue weighted by molar-refractivity contribution is -0.256. The first-order chi connectivity index (χ1) is 33.5. The minimum absolute atomic E-state index is 0.0146. The molecule has 0 aromatic heterocycles. The average molecular weight is 1390 g/mol. The second-order valence-electron chi connectivity index (χ2n) is 14.2. The monoisotopic (exact) mass is 1390 g/mol. The number of hydrogen-bond donors (Lipinski definition) is 0. The van der Waals surface area contributed by atoms with Crippen LogP contribution in [0.4, 0.5) is 0 Å². The number of ether oxygens (including phenoxy) is 1. The fraction of sp³-hybridized carbons (Fsp3) is 0. The Hall–Kier alpha value is -4.99. The predicted octanol–water partition coefficient (Wildman–Crippen LogP) is 13.3. The van der Waals surface area contributed by atoms with Crippen LogP contribution in [0.5, 0.6) is 5.75 Å². The van der Waals surface area contributed by atoms with E-state index in [1.54, 1.807) is 12.1 Å². The molecule has 0 heterocycles. The average Bonchev–Trinajstić information content (AvgIpc) is 3.38. The zero-order valence-electron chi connectivity index (χ0n) is 36.4. The molecule has 69 heavy (non-hydrogen) atoms. The number of rotatable bonds is 10. The predicted molar refractivity (Wildman–Crippen MR) is 307 cm³/mol. The van der Waals surface area contributed by atoms with Gasteiger partial charge in [0.05, 0.1) is 46.4 Å². The molecule has 0 N–H and O–H groups in total. The molecule has 0 radical (unpaired) electrons. The minimum Gasteiger partial charge on any atom is -0.545 e. The van der Waals surface area contributed by atoms with Gasteiger partial charge in [-0.05, 0) is 211 Å². The molecule has 9 aromatic rings. The maximum atomic E-state index is 12.1. The third-order valence-electron chi connectivity index (χ3n) is 9.47. The van der Waals surface area contributed by atoms with Crippen molar-refractivity contribution < 1.29 is 29.3 Å². The van der Waals surface area contributed by atoms with Crippen LogP contribution in [0.1, 0.15) is 31.1 Å². The summed E-state index contributed by atoms with van der Waals surface area (Å²) in [5.74, 6) is -2.43. The number of carboxylic acid groups (broad SMARTS) is 2. The van der Waals surface area contributed by atoms with Crippen molar-refractivity contribution in [3.63, 3.8) is 0 Å². The van der Waals surface area contributed by atoms with Crippen LogP contribution in [-0.2, 0) is 21.8 Å². The van der Waals surface area contributed by atoms with Gasteiger partial charge in [0, 0.05) is 7.14 Å². The Morgan fingerprint density at radius 3 is 0.841 bits per heavy atom. The second kappa shape index (κ2) is 28.0. The van der Waals surface area contributed by atoms with Gasteiger partial charge in [-0.1, -0.05) is 133 Å². The van der Waals surface area contributed by atoms with Crippen molar-refractivity contribution in [2.45, 2.75) is 29.4 Å². The lowest BCUT2D eigenvalue weighted by Crippen LogP contribution is -2.22. The van der Waals surface area contributed by atoms with E-state index in [0.717, 1.165) is 14.3 Å². The molecule has 0 atom stereocenters. The van der Waals surface area contributed by atoms with Gasteiger partial charge in [0.15, 0.2) is 35.1 Å². The van der Waals surface area contributed by atoms with Crippen LogP contribution in [0.3, 0.4) is 0 Å². The normalized spacial score (nSPS) is 10.3. The zero-order valence-corrected chi connectivity index (χ0v) is 46.6. The molecule has 0 aliphatic carbocycles. The Balaban J connectivity index is 0.000000155. The van der Waals surface area contributed by atoms with Crippen molar-refractivity contribution in [2.75, 3.05) is 0 Å². The summed E-state index contributed by atoms with van der Waals surface area (Å²) in [7, 11) is -0.0293. The van der Waals surface area contributed by atoms with Crippen LogP contribution < -0.4 is 14.9 Å². The van der Waals surface area contributed by atoms with E-state index in [-0.39, 0.29) is 38.5 Å². The van der Waals surface area contributed by atoms with Crippen molar-refractivity contribution >= 4 is 130 Å². The van der Waals surface area contributed by atoms with E-state index < -0.39 is 17.9 Å². The molecule has 0 aliphatic rings. The van der Waals surface area contributed by atoms with Crippen LogP contribution in [0.25, 0.3) is 0 Å². The molecule has 0 unspecified atom stereocenters. The number of carbonyl (C=O) groups excluding carboxylic acids is 3. The molecule has 0 aliphatic heterocycles. The molecular formula is C57H40I4O6S2. The van der Waals surface area contributed by atoms with Crippen LogP contribution in [0.2, 0.25) is 0 Å². The van der Waals surface area contributed by atoms with Gasteiger partial charge in [-0.25, -0.2) is 4.79 Å². The Morgan fingerprint density at radius 1 is 0.333 bits per heavy atom. The van der Waals surface area contributed by atoms with E-state index in [9.17, 15) is 24.6 Å². The van der Waals surface area contributed by atoms with E-state index >= 15 is 0 Å². The van der Waals surface area contributed by atoms with Gasteiger partial charge in [-0.15, -0.1) is 0 Å². The molecule has 0 amide bonds. The van der Waals surface area contributed by atoms with Crippen LogP contribution >= 0.6 is 90.4 Å². The summed E-state index contributed by atoms with van der Waals surface area (Å²) in [5.41, 5.74) is 0.524. The Bertz CT molecular complexity index is 2680. The summed E-state index contributed by atoms with van der Waals surface area (Å²) in [5, 5.41) is 20.9. The highest BCUT2D eigenvalue weighted by Crippen LogP contribution is 2.33. The van der Waals surface area contributed by atoms with Crippen molar-refractivity contribution in [2.24, 2.45) is 0 Å². The van der Waals surface area contributed by atoms with Crippen LogP contribution in [-0.4, -0.2) is 17.9 Å². The fourth-order valence-corrected chi connectivity index (χ4v) is 14.6. The summed E-state index contributed by atoms with van der Waals surface area (Å²) < 4.78 is 9.14. The SMILES string of the molecule is O=C([O-])c1ccc(C(=O)Oc2c(I)cc(I)cc2I)cc1.O=C([O-])c1ccc(I)cc1.c1ccc([S+](c2ccccc2)c2ccccc2)cc1.c1ccc([S+](c2ccccc2)c2ccccc2)cc1. The molecule has 9 rings (SSSR count). The van der Waals surface area contributed by atoms with Crippen LogP contribution in [0, 0.1) is 14.3 Å². The summed E-state index contributed by atoms with van der Waals surface area (Å²) in [6.07, 6.45) is 0. The lowest BCUT2D eigenvalue weighted by Gasteiger charge is -2.10. The first-order valence-corrected chi connectivity index (χ1v) is 27.7. The van der Waals surface area contributed by atoms with Gasteiger partial charge < -0.3 is 24.5 Å². The number of carbonyl (C=O) groups is 3. The highest BCUT2D eigenvalue weighted by molar-refractivity contribution is 14.1. The maximum Gasteiger partial charge on any atom is 0.343 e. The first kappa shape index (κ1) is 53.4. The standard InChI is InChI=1S/2C18H15S.C14H7I3O4.C7H5IO2/c2*1-4-10-16(11-5-1)19(17-12-6-2-7-13-17)18-14-8-3-9-15-18;15-9-5-10(16)12(11(17)6-9)21-14(20)8-3-1-7(2-4-8)13(18)19;8-6-3-1-5(2-4-6)7(9)10/h2*1-15H;1-6H,(H,18,19);1-4H,(H,9,10)/q2*+1;;/p-2. The van der Waals surface area contributed by atoms with Gasteiger partial charge in [-0.3, -0.25) is 0 Å². The van der Waals surface area contributed by atoms with Crippen molar-refractivity contribution in [3.8, 4) is 5.75 Å². The molecule has 12 heteroatoms. The molecule has 0 spiro atoms. The fourth-order valence-electron chi connectivity index (χ4n) is 6.26. The number of halogens is 4. The summed E-state index contributed by atoms with van der Waals surface area (Å²) in [6, 6.07) is 80.1. The zero-order chi connectivity index (χ0) is 49.0. The number of aromatic carboxylic acids is 2. The number of hydrogen-bond acceptors (Lipinski definition) is 6. The summed E-state index contributed by atoms with van der Waals surface area (Å²) in [6.45, 7) is 0. The third-order valence-corrected chi connectivity index (χ3v) is 16.9. The van der Waals surface area contributed by atoms with Crippen molar-refractivity contribution in [3.05, 3.63) is 274 Å². The van der Waals surface area contributed by atoms with Crippen molar-refractivity contribution in [1.29, 1.82) is 0 Å². The molecule has 0 saturated carbocycles. The van der Waals surface area contributed by atoms with Gasteiger partial charge in [-0.2, -0.15) is 0 Å². The second-order valence-corrected chi connectivity index (χ2v) is 23.1. The Labute approximate surface area is 462 Å². The molecule has 0 fully saturated rings. The molecular weight excluding hydrogens is 1350 g/mol. The van der Waals surface area contributed by atoms with E-state index in [1.165, 1.54) is 65.8 Å². The molecule has 0 saturated heterocycles. The molecule has 6 nitrogen and oxygen atoms in total. The topological polar surface area (TPSA) is 107 Å². The third kappa shape index (κ3) is 16.6. The van der Waals surface area contributed by atoms with E-state index in [4.69, 9.17) is 4.74 Å². The highest BCUT2D eigenvalue weighted by Gasteiger charge is 2.29. The smallest absolute Gasteiger partial charge is 0.343 e. The number of carboxylic acids is 2. The largest absolute Gasteiger partial charge is 0.545 e. The summed E-state index contributed by atoms with van der Waals surface area (Å²) >= 11 is 8.51. The van der Waals surface area contributed by atoms with E-state index in [1.807, 2.05) is 12.1 Å². The van der Waals surface area contributed by atoms with Gasteiger partial charge in [0.25, 0.3) is 0 Å². The van der Waals surface area contributed by atoms with Gasteiger partial charge >= 0.3 is 5.97 Å². The molecule has 9 aromatic carbocycles. The van der Waals surface area contributed by atoms with E-state index in [2.05, 4.69) is 272 Å². The first-order valence-electron chi connectivity index (χ1n) is 20.9. The molecule has 344 valence electrons. The quantitative estimate of drug-likeness (QED) is 0.0584. The van der Waals surface area contributed by atoms with Crippen molar-refractivity contribution in [1.82, 2.24) is 0 Å². The molecule has 0 bridgehead atoms. The number of esters is 1. The summed E-state index contributed by atoms with van der Waals surface area (Å²) in [4.78, 5) is 41.1. The van der Waals surface area contributed by atoms with Gasteiger partial charge in [0.2, 0.25) is 0 Å². The van der Waals surface area contributed by atoms with Gasteiger partial charge in [0.1, 0.15) is 0 Å². The minimum atomic E-state index is -1.28. The highest BCUT2D eigenvalue weighted by atomic mass is 127. The van der Waals surface area contributed by atoms with Crippen LogP contribution in [0.15, 0.2) is 272 Å². The van der Waals surface area contributed by atoms with E-state index in [0.29, 0.717) is 5.75 Å². The number of benzene rings is 9. The lowest BCUT2D eigenvalue weighted by atomic mass is 10.1. The Morgan fingerprint density at radius 2 is 0.580 bits per heavy atom. The Kier molecular flexibility index (Phi) is 21.7.